The third kappa shape index (κ3) is 5.72. The third-order valence-corrected chi connectivity index (χ3v) is 6.93. The van der Waals surface area contributed by atoms with Crippen molar-refractivity contribution < 1.29 is 32.2 Å². The van der Waals surface area contributed by atoms with Gasteiger partial charge in [-0.1, -0.05) is 36.9 Å². The van der Waals surface area contributed by atoms with E-state index in [1.807, 2.05) is 0 Å². The molecule has 0 spiro atoms. The Hall–Kier alpha value is -3.59. The fourth-order valence-corrected chi connectivity index (χ4v) is 4.57. The summed E-state index contributed by atoms with van der Waals surface area (Å²) < 4.78 is 46.9. The maximum atomic E-state index is 14.7. The van der Waals surface area contributed by atoms with Crippen molar-refractivity contribution >= 4 is 29.2 Å². The van der Waals surface area contributed by atoms with E-state index in [0.29, 0.717) is 22.4 Å². The zero-order valence-corrected chi connectivity index (χ0v) is 20.6. The third-order valence-electron chi connectivity index (χ3n) is 6.64. The van der Waals surface area contributed by atoms with Crippen molar-refractivity contribution in [2.45, 2.75) is 38.0 Å². The Morgan fingerprint density at radius 3 is 2.41 bits per heavy atom. The molecule has 194 valence electrons. The lowest BCUT2D eigenvalue weighted by Gasteiger charge is -2.28. The number of anilines is 1. The van der Waals surface area contributed by atoms with Gasteiger partial charge in [0.1, 0.15) is 11.7 Å². The molecular formula is C27H24ClF3N2O4. The number of halogens is 4. The summed E-state index contributed by atoms with van der Waals surface area (Å²) in [5.74, 6) is -2.58. The number of amides is 1. The molecule has 0 radical (unpaired) electrons. The van der Waals surface area contributed by atoms with Gasteiger partial charge < -0.3 is 15.3 Å². The molecule has 1 aromatic heterocycles. The van der Waals surface area contributed by atoms with Gasteiger partial charge in [0.05, 0.1) is 23.3 Å². The van der Waals surface area contributed by atoms with Gasteiger partial charge >= 0.3 is 5.97 Å². The van der Waals surface area contributed by atoms with Crippen LogP contribution in [0.4, 0.5) is 18.9 Å². The van der Waals surface area contributed by atoms with Crippen molar-refractivity contribution in [3.63, 3.8) is 0 Å². The molecule has 1 amide bonds. The number of carbonyl (C=O) groups excluding carboxylic acids is 2. The number of nitrogens with one attached hydrogen (secondary N) is 1. The normalized spacial score (nSPS) is 14.2. The van der Waals surface area contributed by atoms with Gasteiger partial charge in [0.2, 0.25) is 11.6 Å². The lowest BCUT2D eigenvalue weighted by Crippen LogP contribution is -2.38. The van der Waals surface area contributed by atoms with Gasteiger partial charge in [0.25, 0.3) is 6.43 Å². The number of hydrogen-bond donors (Lipinski definition) is 1. The van der Waals surface area contributed by atoms with Crippen LogP contribution in [0, 0.1) is 16.9 Å². The molecule has 6 nitrogen and oxygen atoms in total. The van der Waals surface area contributed by atoms with Gasteiger partial charge in [-0.25, -0.2) is 18.0 Å². The first-order chi connectivity index (χ1) is 17.7. The smallest absolute Gasteiger partial charge is 0.337 e. The highest BCUT2D eigenvalue weighted by Crippen LogP contribution is 2.38. The summed E-state index contributed by atoms with van der Waals surface area (Å²) in [5, 5.41) is 15.5. The molecule has 37 heavy (non-hydrogen) atoms. The molecule has 1 saturated carbocycles. The molecule has 1 aliphatic carbocycles. The number of nitrogens with zero attached hydrogens (tertiary/aromatic N) is 1. The SMILES string of the molecule is COC(=O)c1ccc(NC(=O)[C@H](CC2CCC2)c2ccc(-c3c(C(F)F)ccc(Cl)c3F)c[n+]2[O-])cc1. The fraction of sp³-hybridized carbons (Fsp3) is 0.296. The van der Waals surface area contributed by atoms with E-state index in [2.05, 4.69) is 10.1 Å². The van der Waals surface area contributed by atoms with E-state index in [-0.39, 0.29) is 22.2 Å². The maximum Gasteiger partial charge on any atom is 0.337 e. The van der Waals surface area contributed by atoms with Crippen LogP contribution < -0.4 is 10.0 Å². The first-order valence-corrected chi connectivity index (χ1v) is 12.1. The minimum Gasteiger partial charge on any atom is -0.618 e. The fourth-order valence-electron chi connectivity index (χ4n) is 4.41. The van der Waals surface area contributed by atoms with Crippen LogP contribution in [0.3, 0.4) is 0 Å². The van der Waals surface area contributed by atoms with Crippen molar-refractivity contribution in [2.24, 2.45) is 5.92 Å². The van der Waals surface area contributed by atoms with Crippen LogP contribution >= 0.6 is 11.6 Å². The summed E-state index contributed by atoms with van der Waals surface area (Å²) in [5.41, 5.74) is -0.266. The van der Waals surface area contributed by atoms with Crippen molar-refractivity contribution in [3.05, 3.63) is 87.6 Å². The van der Waals surface area contributed by atoms with Crippen LogP contribution in [0.2, 0.25) is 5.02 Å². The quantitative estimate of drug-likeness (QED) is 0.206. The van der Waals surface area contributed by atoms with E-state index in [1.165, 1.54) is 31.4 Å². The van der Waals surface area contributed by atoms with E-state index >= 15 is 0 Å². The Morgan fingerprint density at radius 2 is 1.84 bits per heavy atom. The van der Waals surface area contributed by atoms with E-state index in [1.54, 1.807) is 12.1 Å². The average Bonchev–Trinajstić information content (AvgIpc) is 2.85. The highest BCUT2D eigenvalue weighted by atomic mass is 35.5. The summed E-state index contributed by atoms with van der Waals surface area (Å²) in [4.78, 5) is 24.9. The highest BCUT2D eigenvalue weighted by molar-refractivity contribution is 6.31. The van der Waals surface area contributed by atoms with Crippen LogP contribution in [0.1, 0.15) is 59.6 Å². The van der Waals surface area contributed by atoms with Crippen LogP contribution in [-0.2, 0) is 9.53 Å². The van der Waals surface area contributed by atoms with Crippen molar-refractivity contribution in [3.8, 4) is 11.1 Å². The van der Waals surface area contributed by atoms with Gasteiger partial charge in [-0.05, 0) is 48.7 Å². The molecule has 4 rings (SSSR count). The van der Waals surface area contributed by atoms with Crippen LogP contribution in [0.5, 0.6) is 0 Å². The number of carbonyl (C=O) groups is 2. The van der Waals surface area contributed by atoms with Crippen molar-refractivity contribution in [2.75, 3.05) is 12.4 Å². The molecule has 3 aromatic rings. The predicted molar refractivity (Wildman–Crippen MR) is 132 cm³/mol. The number of esters is 1. The monoisotopic (exact) mass is 532 g/mol. The largest absolute Gasteiger partial charge is 0.618 e. The van der Waals surface area contributed by atoms with E-state index in [9.17, 15) is 28.0 Å². The number of aromatic nitrogens is 1. The van der Waals surface area contributed by atoms with Crippen molar-refractivity contribution in [1.82, 2.24) is 0 Å². The zero-order valence-electron chi connectivity index (χ0n) is 19.8. The summed E-state index contributed by atoms with van der Waals surface area (Å²) in [6.07, 6.45) is 1.32. The number of pyridine rings is 1. The molecular weight excluding hydrogens is 509 g/mol. The van der Waals surface area contributed by atoms with Crippen LogP contribution in [0.15, 0.2) is 54.7 Å². The van der Waals surface area contributed by atoms with E-state index < -0.39 is 41.2 Å². The number of rotatable bonds is 8. The zero-order chi connectivity index (χ0) is 26.7. The number of benzene rings is 2. The molecule has 2 aromatic carbocycles. The second-order valence-corrected chi connectivity index (χ2v) is 9.35. The summed E-state index contributed by atoms with van der Waals surface area (Å²) in [6.45, 7) is 0. The molecule has 1 N–H and O–H groups in total. The second kappa shape index (κ2) is 11.2. The molecule has 0 saturated heterocycles. The van der Waals surface area contributed by atoms with Gasteiger partial charge in [-0.15, -0.1) is 0 Å². The molecule has 1 atom stereocenters. The van der Waals surface area contributed by atoms with Gasteiger partial charge in [0.15, 0.2) is 6.20 Å². The van der Waals surface area contributed by atoms with Gasteiger partial charge in [0, 0.05) is 22.9 Å². The van der Waals surface area contributed by atoms with Crippen molar-refractivity contribution in [1.29, 1.82) is 0 Å². The second-order valence-electron chi connectivity index (χ2n) is 8.94. The average molecular weight is 533 g/mol. The predicted octanol–water partition coefficient (Wildman–Crippen LogP) is 6.42. The standard InChI is InChI=1S/C27H24ClF3N2O4/c1-37-27(35)16-5-8-18(9-6-16)32-26(34)20(13-15-3-2-4-15)22-12-7-17(14-33(22)36)23-19(25(30)31)10-11-21(28)24(23)29/h5-12,14-15,20,25H,2-4,13H2,1H3,(H,32,34)/t20-/m1/s1. The Morgan fingerprint density at radius 1 is 1.14 bits per heavy atom. The Balaban J connectivity index is 1.65. The molecule has 1 fully saturated rings. The number of hydrogen-bond acceptors (Lipinski definition) is 4. The lowest BCUT2D eigenvalue weighted by molar-refractivity contribution is -0.614. The molecule has 1 heterocycles. The van der Waals surface area contributed by atoms with E-state index in [4.69, 9.17) is 11.6 Å². The Bertz CT molecular complexity index is 1310. The lowest BCUT2D eigenvalue weighted by atomic mass is 9.77. The number of methoxy groups -OCH3 is 1. The Labute approximate surface area is 216 Å². The van der Waals surface area contributed by atoms with Gasteiger partial charge in [-0.2, -0.15) is 4.73 Å². The molecule has 0 bridgehead atoms. The summed E-state index contributed by atoms with van der Waals surface area (Å²) in [6, 6.07) is 10.9. The topological polar surface area (TPSA) is 82.3 Å². The first-order valence-electron chi connectivity index (χ1n) is 11.7. The van der Waals surface area contributed by atoms with Crippen LogP contribution in [0.25, 0.3) is 11.1 Å². The van der Waals surface area contributed by atoms with E-state index in [0.717, 1.165) is 37.6 Å². The number of ether oxygens (including phenoxy) is 1. The van der Waals surface area contributed by atoms with Crippen LogP contribution in [-0.4, -0.2) is 19.0 Å². The summed E-state index contributed by atoms with van der Waals surface area (Å²) in [7, 11) is 1.27. The highest BCUT2D eigenvalue weighted by Gasteiger charge is 2.33. The molecule has 10 heteroatoms. The first kappa shape index (κ1) is 26.5. The molecule has 0 unspecified atom stereocenters. The maximum absolute atomic E-state index is 14.7. The summed E-state index contributed by atoms with van der Waals surface area (Å²) >= 11 is 5.81. The molecule has 1 aliphatic rings. The minimum absolute atomic E-state index is 0.0738. The number of alkyl halides is 2. The molecule has 0 aliphatic heterocycles. The van der Waals surface area contributed by atoms with Gasteiger partial charge in [-0.3, -0.25) is 4.79 Å². The minimum atomic E-state index is -2.98. The Kier molecular flexibility index (Phi) is 8.02.